The van der Waals surface area contributed by atoms with E-state index in [4.69, 9.17) is 5.11 Å². The molecule has 0 heterocycles. The van der Waals surface area contributed by atoms with Gasteiger partial charge in [0, 0.05) is 18.0 Å². The molecule has 2 aromatic rings. The quantitative estimate of drug-likeness (QED) is 0.739. The summed E-state index contributed by atoms with van der Waals surface area (Å²) < 4.78 is 24.9. The van der Waals surface area contributed by atoms with E-state index in [2.05, 4.69) is 5.32 Å². The van der Waals surface area contributed by atoms with Gasteiger partial charge in [-0.2, -0.15) is 0 Å². The third-order valence-electron chi connectivity index (χ3n) is 3.82. The van der Waals surface area contributed by atoms with Gasteiger partial charge < -0.3 is 10.4 Å². The Bertz CT molecular complexity index is 878. The maximum atomic E-state index is 12.5. The van der Waals surface area contributed by atoms with Gasteiger partial charge in [-0.05, 0) is 43.2 Å². The van der Waals surface area contributed by atoms with Crippen LogP contribution in [-0.2, 0) is 20.4 Å². The molecule has 1 amide bonds. The lowest BCUT2D eigenvalue weighted by Gasteiger charge is -2.13. The molecule has 0 aliphatic rings. The van der Waals surface area contributed by atoms with Crippen LogP contribution in [0.5, 0.6) is 0 Å². The maximum absolute atomic E-state index is 12.5. The lowest BCUT2D eigenvalue weighted by atomic mass is 10.1. The summed E-state index contributed by atoms with van der Waals surface area (Å²) in [6, 6.07) is 14.3. The highest BCUT2D eigenvalue weighted by molar-refractivity contribution is 7.90. The summed E-state index contributed by atoms with van der Waals surface area (Å²) in [6.07, 6.45) is 0.292. The highest BCUT2D eigenvalue weighted by Crippen LogP contribution is 2.17. The van der Waals surface area contributed by atoms with Gasteiger partial charge in [0.2, 0.25) is 0 Å². The minimum atomic E-state index is -3.49. The zero-order chi connectivity index (χ0) is 19.2. The Labute approximate surface area is 152 Å². The Morgan fingerprint density at radius 1 is 1.08 bits per heavy atom. The second kappa shape index (κ2) is 8.62. The fourth-order valence-corrected chi connectivity index (χ4v) is 3.81. The topological polar surface area (TPSA) is 101 Å². The van der Waals surface area contributed by atoms with Gasteiger partial charge >= 0.3 is 5.97 Å². The predicted molar refractivity (Wildman–Crippen MR) is 97.6 cm³/mol. The van der Waals surface area contributed by atoms with Gasteiger partial charge in [0.05, 0.1) is 10.6 Å². The number of hydrogen-bond acceptors (Lipinski definition) is 4. The van der Waals surface area contributed by atoms with Gasteiger partial charge in [0.1, 0.15) is 0 Å². The van der Waals surface area contributed by atoms with Gasteiger partial charge in [-0.25, -0.2) is 8.42 Å². The van der Waals surface area contributed by atoms with Crippen LogP contribution in [0.4, 0.5) is 0 Å². The molecular weight excluding hydrogens is 354 g/mol. The fourth-order valence-electron chi connectivity index (χ4n) is 2.45. The van der Waals surface area contributed by atoms with Crippen molar-refractivity contribution < 1.29 is 23.1 Å². The average molecular weight is 375 g/mol. The van der Waals surface area contributed by atoms with E-state index < -0.39 is 15.8 Å². The summed E-state index contributed by atoms with van der Waals surface area (Å²) in [6.45, 7) is 1.73. The number of amides is 1. The molecule has 138 valence electrons. The highest BCUT2D eigenvalue weighted by atomic mass is 32.2. The molecule has 0 spiro atoms. The molecule has 2 N–H and O–H groups in total. The van der Waals surface area contributed by atoms with Gasteiger partial charge in [0.15, 0.2) is 9.84 Å². The Morgan fingerprint density at radius 3 is 2.42 bits per heavy atom. The molecule has 6 nitrogen and oxygen atoms in total. The molecule has 2 rings (SSSR count). The molecule has 0 aliphatic heterocycles. The molecule has 2 aromatic carbocycles. The normalized spacial score (nSPS) is 12.3. The first-order valence-corrected chi connectivity index (χ1v) is 9.82. The molecule has 1 unspecified atom stereocenters. The number of carboxylic acids is 1. The third kappa shape index (κ3) is 5.70. The summed E-state index contributed by atoms with van der Waals surface area (Å²) in [5.41, 5.74) is 0.854. The highest BCUT2D eigenvalue weighted by Gasteiger charge is 2.16. The molecule has 0 aromatic heterocycles. The van der Waals surface area contributed by atoms with Crippen LogP contribution in [0.2, 0.25) is 0 Å². The summed E-state index contributed by atoms with van der Waals surface area (Å²) >= 11 is 0. The number of benzene rings is 2. The summed E-state index contributed by atoms with van der Waals surface area (Å²) in [5.74, 6) is -1.48. The minimum absolute atomic E-state index is 0.0309. The van der Waals surface area contributed by atoms with Crippen molar-refractivity contribution in [1.29, 1.82) is 0 Å². The van der Waals surface area contributed by atoms with E-state index in [0.717, 1.165) is 0 Å². The summed E-state index contributed by atoms with van der Waals surface area (Å²) in [5, 5.41) is 11.4. The van der Waals surface area contributed by atoms with Crippen molar-refractivity contribution in [3.8, 4) is 0 Å². The standard InChI is InChI=1S/C19H21NO5S/c1-14(10-11-18(21)22)20-19(23)16-7-5-6-15(12-16)13-26(24,25)17-8-3-2-4-9-17/h2-9,12,14H,10-11,13H2,1H3,(H,20,23)(H,21,22). The zero-order valence-corrected chi connectivity index (χ0v) is 15.2. The molecule has 1 atom stereocenters. The zero-order valence-electron chi connectivity index (χ0n) is 14.4. The van der Waals surface area contributed by atoms with Crippen LogP contribution in [0.1, 0.15) is 35.7 Å². The number of sulfone groups is 1. The van der Waals surface area contributed by atoms with E-state index in [-0.39, 0.29) is 29.0 Å². The van der Waals surface area contributed by atoms with Crippen LogP contribution >= 0.6 is 0 Å². The lowest BCUT2D eigenvalue weighted by Crippen LogP contribution is -2.33. The van der Waals surface area contributed by atoms with E-state index in [1.165, 1.54) is 12.1 Å². The molecule has 0 saturated heterocycles. The van der Waals surface area contributed by atoms with Crippen molar-refractivity contribution >= 4 is 21.7 Å². The van der Waals surface area contributed by atoms with E-state index in [1.807, 2.05) is 0 Å². The number of carboxylic acid groups (broad SMARTS) is 1. The van der Waals surface area contributed by atoms with Gasteiger partial charge in [-0.1, -0.05) is 30.3 Å². The van der Waals surface area contributed by atoms with Crippen LogP contribution in [-0.4, -0.2) is 31.4 Å². The van der Waals surface area contributed by atoms with Gasteiger partial charge in [-0.15, -0.1) is 0 Å². The van der Waals surface area contributed by atoms with Crippen LogP contribution in [0.15, 0.2) is 59.5 Å². The van der Waals surface area contributed by atoms with Crippen molar-refractivity contribution in [3.63, 3.8) is 0 Å². The molecule has 0 fully saturated rings. The monoisotopic (exact) mass is 375 g/mol. The first-order valence-electron chi connectivity index (χ1n) is 8.17. The Balaban J connectivity index is 2.08. The number of rotatable bonds is 8. The van der Waals surface area contributed by atoms with Crippen LogP contribution in [0.3, 0.4) is 0 Å². The van der Waals surface area contributed by atoms with Crippen molar-refractivity contribution in [2.24, 2.45) is 0 Å². The Morgan fingerprint density at radius 2 is 1.77 bits per heavy atom. The molecule has 0 bridgehead atoms. The largest absolute Gasteiger partial charge is 0.481 e. The van der Waals surface area contributed by atoms with E-state index in [0.29, 0.717) is 17.5 Å². The van der Waals surface area contributed by atoms with Gasteiger partial charge in [0.25, 0.3) is 5.91 Å². The molecule has 0 saturated carbocycles. The Hall–Kier alpha value is -2.67. The number of hydrogen-bond donors (Lipinski definition) is 2. The SMILES string of the molecule is CC(CCC(=O)O)NC(=O)c1cccc(CS(=O)(=O)c2ccccc2)c1. The smallest absolute Gasteiger partial charge is 0.303 e. The lowest BCUT2D eigenvalue weighted by molar-refractivity contribution is -0.137. The second-order valence-corrected chi connectivity index (χ2v) is 8.07. The fraction of sp³-hybridized carbons (Fsp3) is 0.263. The first-order chi connectivity index (χ1) is 12.3. The van der Waals surface area contributed by atoms with Gasteiger partial charge in [-0.3, -0.25) is 9.59 Å². The average Bonchev–Trinajstić information content (AvgIpc) is 2.60. The van der Waals surface area contributed by atoms with Crippen molar-refractivity contribution in [3.05, 3.63) is 65.7 Å². The number of aliphatic carboxylic acids is 1. The predicted octanol–water partition coefficient (Wildman–Crippen LogP) is 2.64. The first kappa shape index (κ1) is 19.7. The maximum Gasteiger partial charge on any atom is 0.303 e. The van der Waals surface area contributed by atoms with Crippen molar-refractivity contribution in [1.82, 2.24) is 5.32 Å². The third-order valence-corrected chi connectivity index (χ3v) is 5.52. The molecule has 0 radical (unpaired) electrons. The van der Waals surface area contributed by atoms with Crippen LogP contribution in [0.25, 0.3) is 0 Å². The minimum Gasteiger partial charge on any atom is -0.481 e. The second-order valence-electron chi connectivity index (χ2n) is 6.08. The Kier molecular flexibility index (Phi) is 6.52. The molecule has 26 heavy (non-hydrogen) atoms. The summed E-state index contributed by atoms with van der Waals surface area (Å²) in [4.78, 5) is 23.1. The van der Waals surface area contributed by atoms with Crippen LogP contribution in [0, 0.1) is 0 Å². The van der Waals surface area contributed by atoms with Crippen LogP contribution < -0.4 is 5.32 Å². The number of nitrogens with one attached hydrogen (secondary N) is 1. The van der Waals surface area contributed by atoms with E-state index >= 15 is 0 Å². The molecular formula is C19H21NO5S. The number of carbonyl (C=O) groups excluding carboxylic acids is 1. The molecule has 7 heteroatoms. The summed E-state index contributed by atoms with van der Waals surface area (Å²) in [7, 11) is -3.49. The van der Waals surface area contributed by atoms with Crippen molar-refractivity contribution in [2.75, 3.05) is 0 Å². The number of carbonyl (C=O) groups is 2. The van der Waals surface area contributed by atoms with E-state index in [9.17, 15) is 18.0 Å². The molecule has 0 aliphatic carbocycles. The van der Waals surface area contributed by atoms with E-state index in [1.54, 1.807) is 49.4 Å². The van der Waals surface area contributed by atoms with Crippen molar-refractivity contribution in [2.45, 2.75) is 36.5 Å².